The maximum absolute atomic E-state index is 5.92. The van der Waals surface area contributed by atoms with Crippen LogP contribution in [0.3, 0.4) is 0 Å². The van der Waals surface area contributed by atoms with Crippen LogP contribution in [0.5, 0.6) is 0 Å². The standard InChI is InChI=1S/C16H18N4S/c17-15(20-14-8-4-5-11-18-14)19-12-16(9-10-16)21-13-6-2-1-3-7-13/h1-8,11H,9-10,12H2,(H3,17,18,19,20). The summed E-state index contributed by atoms with van der Waals surface area (Å²) < 4.78 is 0.220. The van der Waals surface area contributed by atoms with Gasteiger partial charge in [0.05, 0.1) is 6.54 Å². The van der Waals surface area contributed by atoms with Crippen LogP contribution >= 0.6 is 11.8 Å². The lowest BCUT2D eigenvalue weighted by atomic mass is 10.4. The molecule has 3 rings (SSSR count). The van der Waals surface area contributed by atoms with Crippen LogP contribution < -0.4 is 11.1 Å². The lowest BCUT2D eigenvalue weighted by molar-refractivity contribution is 0.897. The van der Waals surface area contributed by atoms with Gasteiger partial charge < -0.3 is 11.1 Å². The molecule has 0 saturated heterocycles. The average molecular weight is 298 g/mol. The van der Waals surface area contributed by atoms with Crippen molar-refractivity contribution in [3.63, 3.8) is 0 Å². The molecule has 0 unspecified atom stereocenters. The van der Waals surface area contributed by atoms with Crippen molar-refractivity contribution in [2.75, 3.05) is 11.9 Å². The van der Waals surface area contributed by atoms with E-state index >= 15 is 0 Å². The Hall–Kier alpha value is -2.01. The molecule has 1 aliphatic carbocycles. The normalized spacial score (nSPS) is 16.5. The van der Waals surface area contributed by atoms with E-state index in [1.54, 1.807) is 6.20 Å². The van der Waals surface area contributed by atoms with Gasteiger partial charge in [0.2, 0.25) is 0 Å². The fourth-order valence-electron chi connectivity index (χ4n) is 2.01. The number of aromatic nitrogens is 1. The van der Waals surface area contributed by atoms with Crippen molar-refractivity contribution in [3.05, 3.63) is 54.7 Å². The second-order valence-electron chi connectivity index (χ2n) is 5.14. The van der Waals surface area contributed by atoms with Crippen LogP contribution in [0.2, 0.25) is 0 Å². The van der Waals surface area contributed by atoms with E-state index < -0.39 is 0 Å². The molecule has 1 aromatic carbocycles. The Labute approximate surface area is 128 Å². The Balaban J connectivity index is 1.57. The van der Waals surface area contributed by atoms with Crippen LogP contribution in [-0.4, -0.2) is 22.2 Å². The summed E-state index contributed by atoms with van der Waals surface area (Å²) in [6.45, 7) is 0.734. The van der Waals surface area contributed by atoms with Crippen molar-refractivity contribution in [1.82, 2.24) is 4.98 Å². The van der Waals surface area contributed by atoms with Crippen LogP contribution in [0.15, 0.2) is 64.6 Å². The lowest BCUT2D eigenvalue weighted by Gasteiger charge is -2.12. The Morgan fingerprint density at radius 1 is 1.19 bits per heavy atom. The monoisotopic (exact) mass is 298 g/mol. The summed E-state index contributed by atoms with van der Waals surface area (Å²) in [5.74, 6) is 1.15. The molecular formula is C16H18N4S. The number of hydrogen-bond donors (Lipinski definition) is 2. The fraction of sp³-hybridized carbons (Fsp3) is 0.250. The van der Waals surface area contributed by atoms with Crippen molar-refractivity contribution in [2.45, 2.75) is 22.5 Å². The Bertz CT molecular complexity index is 609. The summed E-state index contributed by atoms with van der Waals surface area (Å²) in [6, 6.07) is 16.1. The zero-order valence-corrected chi connectivity index (χ0v) is 12.5. The van der Waals surface area contributed by atoms with Gasteiger partial charge in [-0.05, 0) is 37.1 Å². The van der Waals surface area contributed by atoms with Crippen molar-refractivity contribution in [1.29, 1.82) is 0 Å². The molecule has 21 heavy (non-hydrogen) atoms. The first-order valence-electron chi connectivity index (χ1n) is 6.98. The summed E-state index contributed by atoms with van der Waals surface area (Å²) in [5, 5.41) is 3.01. The minimum atomic E-state index is 0.220. The third-order valence-electron chi connectivity index (χ3n) is 3.34. The first-order chi connectivity index (χ1) is 10.3. The van der Waals surface area contributed by atoms with E-state index in [2.05, 4.69) is 39.6 Å². The maximum atomic E-state index is 5.92. The number of pyridine rings is 1. The van der Waals surface area contributed by atoms with Crippen molar-refractivity contribution in [2.24, 2.45) is 10.7 Å². The second kappa shape index (κ2) is 6.18. The molecule has 1 aliphatic rings. The number of nitrogens with two attached hydrogens (primary N) is 1. The van der Waals surface area contributed by atoms with Crippen molar-refractivity contribution in [3.8, 4) is 0 Å². The number of aliphatic imine (C=N–C) groups is 1. The molecule has 2 aromatic rings. The van der Waals surface area contributed by atoms with E-state index in [0.29, 0.717) is 5.96 Å². The number of thioether (sulfide) groups is 1. The Kier molecular flexibility index (Phi) is 4.10. The van der Waals surface area contributed by atoms with E-state index in [4.69, 9.17) is 5.73 Å². The molecule has 0 radical (unpaired) electrons. The number of guanidine groups is 1. The highest BCUT2D eigenvalue weighted by atomic mass is 32.2. The molecule has 3 N–H and O–H groups in total. The highest BCUT2D eigenvalue weighted by Gasteiger charge is 2.43. The molecule has 1 heterocycles. The molecular weight excluding hydrogens is 280 g/mol. The first-order valence-corrected chi connectivity index (χ1v) is 7.80. The smallest absolute Gasteiger partial charge is 0.194 e. The lowest BCUT2D eigenvalue weighted by Crippen LogP contribution is -2.25. The third kappa shape index (κ3) is 3.98. The number of benzene rings is 1. The molecule has 0 bridgehead atoms. The van der Waals surface area contributed by atoms with Gasteiger partial charge in [0.1, 0.15) is 5.82 Å². The van der Waals surface area contributed by atoms with Gasteiger partial charge in [-0.1, -0.05) is 24.3 Å². The van der Waals surface area contributed by atoms with E-state index in [1.165, 1.54) is 17.7 Å². The van der Waals surface area contributed by atoms with Crippen LogP contribution in [0.4, 0.5) is 5.82 Å². The molecule has 5 heteroatoms. The van der Waals surface area contributed by atoms with Gasteiger partial charge >= 0.3 is 0 Å². The Morgan fingerprint density at radius 2 is 1.95 bits per heavy atom. The SMILES string of the molecule is NC(=NCC1(Sc2ccccc2)CC1)Nc1ccccn1. The molecule has 1 aromatic heterocycles. The summed E-state index contributed by atoms with van der Waals surface area (Å²) >= 11 is 1.90. The predicted octanol–water partition coefficient (Wildman–Crippen LogP) is 3.13. The van der Waals surface area contributed by atoms with Crippen LogP contribution in [0.1, 0.15) is 12.8 Å². The largest absolute Gasteiger partial charge is 0.370 e. The van der Waals surface area contributed by atoms with Gasteiger partial charge in [0, 0.05) is 15.8 Å². The summed E-state index contributed by atoms with van der Waals surface area (Å²) in [6.07, 6.45) is 4.10. The van der Waals surface area contributed by atoms with Gasteiger partial charge in [0.15, 0.2) is 5.96 Å². The molecule has 0 amide bonds. The van der Waals surface area contributed by atoms with Crippen molar-refractivity contribution >= 4 is 23.5 Å². The average Bonchev–Trinajstić information content (AvgIpc) is 3.27. The molecule has 0 spiro atoms. The number of hydrogen-bond acceptors (Lipinski definition) is 3. The second-order valence-corrected chi connectivity index (χ2v) is 6.68. The van der Waals surface area contributed by atoms with Crippen LogP contribution in [0, 0.1) is 0 Å². The van der Waals surface area contributed by atoms with Crippen molar-refractivity contribution < 1.29 is 0 Å². The minimum Gasteiger partial charge on any atom is -0.370 e. The zero-order valence-electron chi connectivity index (χ0n) is 11.7. The summed E-state index contributed by atoms with van der Waals surface area (Å²) in [5.41, 5.74) is 5.92. The van der Waals surface area contributed by atoms with E-state index in [-0.39, 0.29) is 4.75 Å². The van der Waals surface area contributed by atoms with Gasteiger partial charge in [0.25, 0.3) is 0 Å². The van der Waals surface area contributed by atoms with Crippen LogP contribution in [0.25, 0.3) is 0 Å². The summed E-state index contributed by atoms with van der Waals surface area (Å²) in [4.78, 5) is 9.93. The molecule has 4 nitrogen and oxygen atoms in total. The topological polar surface area (TPSA) is 63.3 Å². The molecule has 0 aliphatic heterocycles. The van der Waals surface area contributed by atoms with Gasteiger partial charge in [-0.15, -0.1) is 11.8 Å². The van der Waals surface area contributed by atoms with E-state index in [1.807, 2.05) is 36.0 Å². The summed E-state index contributed by atoms with van der Waals surface area (Å²) in [7, 11) is 0. The first kappa shape index (κ1) is 13.9. The fourth-order valence-corrected chi connectivity index (χ4v) is 3.24. The number of anilines is 1. The number of nitrogens with one attached hydrogen (secondary N) is 1. The molecule has 0 atom stereocenters. The van der Waals surface area contributed by atoms with E-state index in [0.717, 1.165) is 12.4 Å². The highest BCUT2D eigenvalue weighted by molar-refractivity contribution is 8.01. The predicted molar refractivity (Wildman–Crippen MR) is 88.6 cm³/mol. The third-order valence-corrected chi connectivity index (χ3v) is 4.82. The molecule has 1 saturated carbocycles. The van der Waals surface area contributed by atoms with E-state index in [9.17, 15) is 0 Å². The number of nitrogens with zero attached hydrogens (tertiary/aromatic N) is 2. The Morgan fingerprint density at radius 3 is 2.62 bits per heavy atom. The van der Waals surface area contributed by atoms with Gasteiger partial charge in [-0.3, -0.25) is 4.99 Å². The molecule has 108 valence electrons. The minimum absolute atomic E-state index is 0.220. The zero-order chi connectivity index (χ0) is 14.5. The van der Waals surface area contributed by atoms with Gasteiger partial charge in [-0.25, -0.2) is 4.98 Å². The number of rotatable bonds is 5. The quantitative estimate of drug-likeness (QED) is 0.657. The molecule has 1 fully saturated rings. The maximum Gasteiger partial charge on any atom is 0.194 e. The van der Waals surface area contributed by atoms with Gasteiger partial charge in [-0.2, -0.15) is 0 Å². The van der Waals surface area contributed by atoms with Crippen LogP contribution in [-0.2, 0) is 0 Å². The highest BCUT2D eigenvalue weighted by Crippen LogP contribution is 2.51.